The summed E-state index contributed by atoms with van der Waals surface area (Å²) >= 11 is 0. The van der Waals surface area contributed by atoms with Gasteiger partial charge >= 0.3 is 0 Å². The molecule has 11 heteroatoms. The van der Waals surface area contributed by atoms with Crippen molar-refractivity contribution >= 4 is 44.0 Å². The van der Waals surface area contributed by atoms with E-state index in [2.05, 4.69) is 20.7 Å². The number of rotatable bonds is 6. The molecule has 0 saturated carbocycles. The number of sulfonamides is 1. The van der Waals surface area contributed by atoms with Crippen molar-refractivity contribution in [3.8, 4) is 5.69 Å². The van der Waals surface area contributed by atoms with Crippen molar-refractivity contribution in [3.05, 3.63) is 73.3 Å². The van der Waals surface area contributed by atoms with E-state index < -0.39 is 28.4 Å². The molecule has 0 atom stereocenters. The van der Waals surface area contributed by atoms with Crippen molar-refractivity contribution in [2.24, 2.45) is 0 Å². The summed E-state index contributed by atoms with van der Waals surface area (Å²) in [6.45, 7) is -0.718. The van der Waals surface area contributed by atoms with E-state index in [0.717, 1.165) is 15.4 Å². The number of nitrogens with zero attached hydrogens (tertiary/aromatic N) is 4. The predicted octanol–water partition coefficient (Wildman–Crippen LogP) is 1.68. The first-order valence-electron chi connectivity index (χ1n) is 9.99. The molecule has 0 unspecified atom stereocenters. The highest BCUT2D eigenvalue weighted by molar-refractivity contribution is 7.93. The Kier molecular flexibility index (Phi) is 5.02. The van der Waals surface area contributed by atoms with Crippen LogP contribution in [0.2, 0.25) is 0 Å². The molecule has 10 nitrogen and oxygen atoms in total. The van der Waals surface area contributed by atoms with E-state index in [0.29, 0.717) is 16.8 Å². The van der Waals surface area contributed by atoms with Crippen molar-refractivity contribution in [2.45, 2.75) is 4.90 Å². The summed E-state index contributed by atoms with van der Waals surface area (Å²) in [7, 11) is -3.84. The number of aromatic nitrogens is 3. The van der Waals surface area contributed by atoms with E-state index in [1.54, 1.807) is 53.5 Å². The Balaban J connectivity index is 1.21. The van der Waals surface area contributed by atoms with E-state index in [1.165, 1.54) is 12.4 Å². The zero-order chi connectivity index (χ0) is 23.0. The Bertz CT molecular complexity index is 1460. The zero-order valence-electron chi connectivity index (χ0n) is 17.2. The van der Waals surface area contributed by atoms with Crippen LogP contribution in [0.5, 0.6) is 0 Å². The Morgan fingerprint density at radius 3 is 2.42 bits per heavy atom. The van der Waals surface area contributed by atoms with E-state index in [-0.39, 0.29) is 11.4 Å². The molecule has 4 aromatic rings. The number of hydrogen-bond donors (Lipinski definition) is 2. The lowest BCUT2D eigenvalue weighted by molar-refractivity contribution is -0.123. The van der Waals surface area contributed by atoms with Crippen LogP contribution in [-0.2, 0) is 19.6 Å². The van der Waals surface area contributed by atoms with Crippen molar-refractivity contribution in [3.63, 3.8) is 0 Å². The molecule has 1 aliphatic rings. The lowest BCUT2D eigenvalue weighted by Crippen LogP contribution is -2.41. The first kappa shape index (κ1) is 20.6. The van der Waals surface area contributed by atoms with Gasteiger partial charge in [-0.05, 0) is 41.8 Å². The second kappa shape index (κ2) is 8.02. The molecular weight excluding hydrogens is 444 g/mol. The van der Waals surface area contributed by atoms with Gasteiger partial charge in [0.15, 0.2) is 0 Å². The van der Waals surface area contributed by atoms with E-state index in [4.69, 9.17) is 0 Å². The van der Waals surface area contributed by atoms with Gasteiger partial charge in [-0.15, -0.1) is 0 Å². The number of amides is 2. The Labute approximate surface area is 188 Å². The summed E-state index contributed by atoms with van der Waals surface area (Å²) in [5.74, 6) is -1.02. The summed E-state index contributed by atoms with van der Waals surface area (Å²) in [6.07, 6.45) is 2.98. The predicted molar refractivity (Wildman–Crippen MR) is 121 cm³/mol. The lowest BCUT2D eigenvalue weighted by atomic mass is 10.1. The maximum Gasteiger partial charge on any atom is 0.265 e. The number of benzene rings is 3. The molecule has 0 saturated heterocycles. The van der Waals surface area contributed by atoms with Crippen LogP contribution in [0.1, 0.15) is 0 Å². The first-order chi connectivity index (χ1) is 15.9. The van der Waals surface area contributed by atoms with Gasteiger partial charge in [0.2, 0.25) is 11.8 Å². The first-order valence-corrected chi connectivity index (χ1v) is 11.4. The third kappa shape index (κ3) is 3.78. The topological polar surface area (TPSA) is 126 Å². The van der Waals surface area contributed by atoms with Crippen molar-refractivity contribution < 1.29 is 18.0 Å². The van der Waals surface area contributed by atoms with Crippen molar-refractivity contribution in [1.29, 1.82) is 0 Å². The van der Waals surface area contributed by atoms with Gasteiger partial charge in [-0.25, -0.2) is 18.1 Å². The minimum absolute atomic E-state index is 0.176. The summed E-state index contributed by atoms with van der Waals surface area (Å²) in [5, 5.41) is 10.6. The van der Waals surface area contributed by atoms with Gasteiger partial charge in [-0.2, -0.15) is 5.10 Å². The third-order valence-electron chi connectivity index (χ3n) is 5.25. The van der Waals surface area contributed by atoms with Crippen LogP contribution in [0.3, 0.4) is 0 Å². The largest absolute Gasteiger partial charge is 0.345 e. The van der Waals surface area contributed by atoms with Crippen LogP contribution in [0.15, 0.2) is 78.2 Å². The van der Waals surface area contributed by atoms with Crippen molar-refractivity contribution in [1.82, 2.24) is 20.1 Å². The van der Waals surface area contributed by atoms with Crippen molar-refractivity contribution in [2.75, 3.05) is 22.7 Å². The molecule has 1 aromatic heterocycles. The fourth-order valence-electron chi connectivity index (χ4n) is 3.74. The monoisotopic (exact) mass is 462 g/mol. The normalized spacial score (nSPS) is 13.8. The Morgan fingerprint density at radius 1 is 0.939 bits per heavy atom. The molecule has 2 N–H and O–H groups in total. The molecule has 0 aliphatic carbocycles. The maximum atomic E-state index is 12.9. The van der Waals surface area contributed by atoms with Gasteiger partial charge in [0.1, 0.15) is 19.2 Å². The van der Waals surface area contributed by atoms with Gasteiger partial charge in [-0.1, -0.05) is 24.3 Å². The SMILES string of the molecule is O=C(CN1c2cccc3cccc(c23)S1(=O)=O)NCC(=O)Nc1ccc(-n2cncn2)cc1. The fraction of sp³-hybridized carbons (Fsp3) is 0.0909. The highest BCUT2D eigenvalue weighted by atomic mass is 32.2. The average Bonchev–Trinajstić information content (AvgIpc) is 3.42. The fourth-order valence-corrected chi connectivity index (χ4v) is 5.40. The van der Waals surface area contributed by atoms with Gasteiger partial charge < -0.3 is 10.6 Å². The van der Waals surface area contributed by atoms with E-state index >= 15 is 0 Å². The minimum atomic E-state index is -3.84. The quantitative estimate of drug-likeness (QED) is 0.449. The molecule has 0 fully saturated rings. The highest BCUT2D eigenvalue weighted by Crippen LogP contribution is 2.41. The molecule has 0 radical (unpaired) electrons. The molecule has 2 heterocycles. The lowest BCUT2D eigenvalue weighted by Gasteiger charge is -2.18. The third-order valence-corrected chi connectivity index (χ3v) is 7.05. The van der Waals surface area contributed by atoms with Crippen LogP contribution in [0.4, 0.5) is 11.4 Å². The zero-order valence-corrected chi connectivity index (χ0v) is 18.0. The Hall–Kier alpha value is -4.25. The summed E-state index contributed by atoms with van der Waals surface area (Å²) in [4.78, 5) is 28.8. The van der Waals surface area contributed by atoms with Crippen LogP contribution in [0.25, 0.3) is 16.5 Å². The second-order valence-corrected chi connectivity index (χ2v) is 9.19. The van der Waals surface area contributed by atoms with Gasteiger partial charge in [-0.3, -0.25) is 13.9 Å². The van der Waals surface area contributed by atoms with E-state index in [9.17, 15) is 18.0 Å². The van der Waals surface area contributed by atoms with Gasteiger partial charge in [0.25, 0.3) is 10.0 Å². The van der Waals surface area contributed by atoms with Gasteiger partial charge in [0.05, 0.1) is 22.8 Å². The smallest absolute Gasteiger partial charge is 0.265 e. The number of carbonyl (C=O) groups excluding carboxylic acids is 2. The van der Waals surface area contributed by atoms with E-state index in [1.807, 2.05) is 12.1 Å². The number of carbonyl (C=O) groups is 2. The standard InChI is InChI=1S/C22H18N6O4S/c29-20(26-16-7-9-17(10-8-16)27-14-23-13-25-27)11-24-21(30)12-28-18-5-1-3-15-4-2-6-19(22(15)18)33(28,31)32/h1-10,13-14H,11-12H2,(H,24,30)(H,26,29). The van der Waals surface area contributed by atoms with Crippen LogP contribution in [0, 0.1) is 0 Å². The number of nitrogens with one attached hydrogen (secondary N) is 2. The molecule has 2 amide bonds. The van der Waals surface area contributed by atoms with Crippen LogP contribution >= 0.6 is 0 Å². The minimum Gasteiger partial charge on any atom is -0.345 e. The Morgan fingerprint density at radius 2 is 1.70 bits per heavy atom. The maximum absolute atomic E-state index is 12.9. The molecule has 5 rings (SSSR count). The summed E-state index contributed by atoms with van der Waals surface area (Å²) in [6, 6.07) is 17.2. The number of hydrogen-bond acceptors (Lipinski definition) is 6. The molecule has 33 heavy (non-hydrogen) atoms. The molecule has 0 bridgehead atoms. The average molecular weight is 462 g/mol. The van der Waals surface area contributed by atoms with Crippen LogP contribution in [-0.4, -0.2) is 48.1 Å². The van der Waals surface area contributed by atoms with Crippen LogP contribution < -0.4 is 14.9 Å². The molecular formula is C22H18N6O4S. The molecule has 166 valence electrons. The molecule has 3 aromatic carbocycles. The number of anilines is 2. The molecule has 1 aliphatic heterocycles. The summed E-state index contributed by atoms with van der Waals surface area (Å²) in [5.41, 5.74) is 1.78. The molecule has 0 spiro atoms. The van der Waals surface area contributed by atoms with Gasteiger partial charge in [0, 0.05) is 11.1 Å². The summed E-state index contributed by atoms with van der Waals surface area (Å²) < 4.78 is 28.5. The highest BCUT2D eigenvalue weighted by Gasteiger charge is 2.36. The second-order valence-electron chi connectivity index (χ2n) is 7.35.